The molecule has 2 rings (SSSR count). The van der Waals surface area contributed by atoms with Crippen LogP contribution in [0.3, 0.4) is 0 Å². The number of benzene rings is 1. The summed E-state index contributed by atoms with van der Waals surface area (Å²) < 4.78 is 11.2. The van der Waals surface area contributed by atoms with Crippen molar-refractivity contribution in [3.05, 3.63) is 43.0 Å². The molecule has 0 N–H and O–H groups in total. The number of rotatable bonds is 7. The molecule has 1 atom stereocenters. The molecule has 1 aromatic rings. The molecule has 0 saturated carbocycles. The van der Waals surface area contributed by atoms with Gasteiger partial charge in [-0.3, -0.25) is 4.79 Å². The zero-order valence-corrected chi connectivity index (χ0v) is 13.2. The Morgan fingerprint density at radius 3 is 2.68 bits per heavy atom. The zero-order chi connectivity index (χ0) is 15.8. The van der Waals surface area contributed by atoms with Gasteiger partial charge in [0, 0.05) is 19.7 Å². The van der Waals surface area contributed by atoms with Crippen LogP contribution >= 0.6 is 0 Å². The maximum Gasteiger partial charge on any atom is 0.263 e. The van der Waals surface area contributed by atoms with Crippen LogP contribution < -0.4 is 4.74 Å². The second kappa shape index (κ2) is 8.59. The van der Waals surface area contributed by atoms with Crippen molar-refractivity contribution < 1.29 is 14.3 Å². The number of piperidine rings is 1. The smallest absolute Gasteiger partial charge is 0.263 e. The number of amides is 1. The average Bonchev–Trinajstić information content (AvgIpc) is 2.56. The summed E-state index contributed by atoms with van der Waals surface area (Å²) in [6, 6.07) is 9.47. The third-order valence-corrected chi connectivity index (χ3v) is 3.92. The first kappa shape index (κ1) is 16.6. The molecule has 1 unspecified atom stereocenters. The number of carbonyl (C=O) groups is 1. The molecule has 0 bridgehead atoms. The Kier molecular flexibility index (Phi) is 6.46. The minimum atomic E-state index is -0.448. The van der Waals surface area contributed by atoms with E-state index in [0.29, 0.717) is 12.5 Å². The third-order valence-electron chi connectivity index (χ3n) is 3.92. The van der Waals surface area contributed by atoms with Crippen LogP contribution in [-0.2, 0) is 9.53 Å². The lowest BCUT2D eigenvalue weighted by Crippen LogP contribution is -2.45. The van der Waals surface area contributed by atoms with Gasteiger partial charge < -0.3 is 14.4 Å². The van der Waals surface area contributed by atoms with Crippen LogP contribution in [-0.4, -0.2) is 43.2 Å². The molecule has 1 aliphatic heterocycles. The van der Waals surface area contributed by atoms with E-state index in [0.717, 1.165) is 38.3 Å². The quantitative estimate of drug-likeness (QED) is 0.574. The van der Waals surface area contributed by atoms with Gasteiger partial charge in [-0.25, -0.2) is 0 Å². The van der Waals surface area contributed by atoms with Crippen LogP contribution in [0.2, 0.25) is 0 Å². The van der Waals surface area contributed by atoms with E-state index in [1.165, 1.54) is 0 Å². The molecule has 0 aliphatic carbocycles. The topological polar surface area (TPSA) is 38.8 Å². The minimum Gasteiger partial charge on any atom is -0.481 e. The van der Waals surface area contributed by atoms with E-state index in [9.17, 15) is 4.79 Å². The van der Waals surface area contributed by atoms with Crippen molar-refractivity contribution in [1.29, 1.82) is 0 Å². The van der Waals surface area contributed by atoms with E-state index in [1.54, 1.807) is 6.08 Å². The summed E-state index contributed by atoms with van der Waals surface area (Å²) in [6.45, 7) is 8.37. The highest BCUT2D eigenvalue weighted by Gasteiger charge is 2.27. The molecule has 4 nitrogen and oxygen atoms in total. The van der Waals surface area contributed by atoms with Gasteiger partial charge in [0.15, 0.2) is 6.10 Å². The van der Waals surface area contributed by atoms with Crippen LogP contribution in [0.1, 0.15) is 19.8 Å². The number of likely N-dealkylation sites (tertiary alicyclic amines) is 1. The number of hydrogen-bond donors (Lipinski definition) is 0. The lowest BCUT2D eigenvalue weighted by atomic mass is 9.97. The van der Waals surface area contributed by atoms with Gasteiger partial charge in [0.1, 0.15) is 5.75 Å². The molecule has 1 fully saturated rings. The SMILES string of the molecule is C=CCOCC1CCN(C(=O)C(C)Oc2ccccc2)CC1. The fraction of sp³-hybridized carbons (Fsp3) is 0.500. The molecule has 1 aromatic carbocycles. The first-order chi connectivity index (χ1) is 10.7. The highest BCUT2D eigenvalue weighted by atomic mass is 16.5. The molecule has 1 aliphatic rings. The Hall–Kier alpha value is -1.81. The van der Waals surface area contributed by atoms with Gasteiger partial charge in [-0.05, 0) is 37.8 Å². The molecule has 1 heterocycles. The van der Waals surface area contributed by atoms with E-state index < -0.39 is 6.10 Å². The van der Waals surface area contributed by atoms with E-state index in [-0.39, 0.29) is 5.91 Å². The first-order valence-corrected chi connectivity index (χ1v) is 7.90. The average molecular weight is 303 g/mol. The van der Waals surface area contributed by atoms with Crippen LogP contribution in [0.15, 0.2) is 43.0 Å². The van der Waals surface area contributed by atoms with Crippen LogP contribution in [0.5, 0.6) is 5.75 Å². The Bertz CT molecular complexity index is 466. The monoisotopic (exact) mass is 303 g/mol. The van der Waals surface area contributed by atoms with Gasteiger partial charge in [0.25, 0.3) is 5.91 Å². The molecule has 0 aromatic heterocycles. The van der Waals surface area contributed by atoms with Crippen LogP contribution in [0.25, 0.3) is 0 Å². The lowest BCUT2D eigenvalue weighted by Gasteiger charge is -2.33. The second-order valence-corrected chi connectivity index (χ2v) is 5.67. The summed E-state index contributed by atoms with van der Waals surface area (Å²) in [4.78, 5) is 14.3. The number of ether oxygens (including phenoxy) is 2. The van der Waals surface area contributed by atoms with Gasteiger partial charge in [-0.2, -0.15) is 0 Å². The highest BCUT2D eigenvalue weighted by Crippen LogP contribution is 2.19. The molecule has 0 spiro atoms. The Balaban J connectivity index is 1.75. The van der Waals surface area contributed by atoms with Crippen LogP contribution in [0.4, 0.5) is 0 Å². The van der Waals surface area contributed by atoms with E-state index >= 15 is 0 Å². The van der Waals surface area contributed by atoms with Crippen molar-refractivity contribution in [2.75, 3.05) is 26.3 Å². The van der Waals surface area contributed by atoms with Gasteiger partial charge in [-0.15, -0.1) is 6.58 Å². The first-order valence-electron chi connectivity index (χ1n) is 7.90. The maximum absolute atomic E-state index is 12.4. The van der Waals surface area contributed by atoms with Gasteiger partial charge >= 0.3 is 0 Å². The molecule has 120 valence electrons. The van der Waals surface area contributed by atoms with Gasteiger partial charge in [-0.1, -0.05) is 24.3 Å². The number of carbonyl (C=O) groups excluding carboxylic acids is 1. The highest BCUT2D eigenvalue weighted by molar-refractivity contribution is 5.81. The molecular weight excluding hydrogens is 278 g/mol. The van der Waals surface area contributed by atoms with Crippen molar-refractivity contribution in [1.82, 2.24) is 4.90 Å². The molecule has 22 heavy (non-hydrogen) atoms. The number of nitrogens with zero attached hydrogens (tertiary/aromatic N) is 1. The van der Waals surface area contributed by atoms with Crippen molar-refractivity contribution in [3.63, 3.8) is 0 Å². The minimum absolute atomic E-state index is 0.0642. The summed E-state index contributed by atoms with van der Waals surface area (Å²) in [5.41, 5.74) is 0. The Labute approximate surface area is 132 Å². The predicted molar refractivity (Wildman–Crippen MR) is 86.9 cm³/mol. The largest absolute Gasteiger partial charge is 0.481 e. The van der Waals surface area contributed by atoms with Crippen molar-refractivity contribution in [2.45, 2.75) is 25.9 Å². The maximum atomic E-state index is 12.4. The predicted octanol–water partition coefficient (Wildman–Crippen LogP) is 2.90. The summed E-state index contributed by atoms with van der Waals surface area (Å²) in [5.74, 6) is 1.33. The van der Waals surface area contributed by atoms with Crippen molar-refractivity contribution in [3.8, 4) is 5.75 Å². The molecule has 1 amide bonds. The second-order valence-electron chi connectivity index (χ2n) is 5.67. The van der Waals surface area contributed by atoms with Crippen molar-refractivity contribution in [2.24, 2.45) is 5.92 Å². The fourth-order valence-corrected chi connectivity index (χ4v) is 2.65. The summed E-state index contributed by atoms with van der Waals surface area (Å²) >= 11 is 0. The lowest BCUT2D eigenvalue weighted by molar-refractivity contribution is -0.139. The molecule has 1 saturated heterocycles. The summed E-state index contributed by atoms with van der Waals surface area (Å²) in [7, 11) is 0. The molecular formula is C18H25NO3. The summed E-state index contributed by atoms with van der Waals surface area (Å²) in [5, 5.41) is 0. The number of hydrogen-bond acceptors (Lipinski definition) is 3. The Morgan fingerprint density at radius 2 is 2.05 bits per heavy atom. The normalized spacial score (nSPS) is 17.0. The standard InChI is InChI=1S/C18H25NO3/c1-3-13-21-14-16-9-11-19(12-10-16)18(20)15(2)22-17-7-5-4-6-8-17/h3-8,15-16H,1,9-14H2,2H3. The third kappa shape index (κ3) is 4.88. The number of para-hydroxylation sites is 1. The van der Waals surface area contributed by atoms with Crippen molar-refractivity contribution >= 4 is 5.91 Å². The Morgan fingerprint density at radius 1 is 1.36 bits per heavy atom. The van der Waals surface area contributed by atoms with Crippen LogP contribution in [0, 0.1) is 5.92 Å². The van der Waals surface area contributed by atoms with E-state index in [2.05, 4.69) is 6.58 Å². The molecule has 0 radical (unpaired) electrons. The van der Waals surface area contributed by atoms with E-state index in [4.69, 9.17) is 9.47 Å². The molecule has 4 heteroatoms. The fourth-order valence-electron chi connectivity index (χ4n) is 2.65. The summed E-state index contributed by atoms with van der Waals surface area (Å²) in [6.07, 6.45) is 3.29. The van der Waals surface area contributed by atoms with Gasteiger partial charge in [0.2, 0.25) is 0 Å². The zero-order valence-electron chi connectivity index (χ0n) is 13.2. The van der Waals surface area contributed by atoms with E-state index in [1.807, 2.05) is 42.2 Å². The van der Waals surface area contributed by atoms with Gasteiger partial charge in [0.05, 0.1) is 6.61 Å².